The SMILES string of the molecule is Cc1cccc(NC(=O)N[C@@H]2N=C(c3ccccc3F)c3ccccc3N(Cc3ncccc3C(=O)N3CCCC3)C2=O)c1. The van der Waals surface area contributed by atoms with Crippen molar-refractivity contribution < 1.29 is 18.8 Å². The smallest absolute Gasteiger partial charge is 0.321 e. The van der Waals surface area contributed by atoms with Gasteiger partial charge in [-0.05, 0) is 67.8 Å². The maximum atomic E-state index is 15.2. The Labute approximate surface area is 254 Å². The number of benzene rings is 3. The van der Waals surface area contributed by atoms with Gasteiger partial charge < -0.3 is 20.4 Å². The molecule has 6 rings (SSSR count). The number of urea groups is 1. The molecular formula is C34H31FN6O3. The number of nitrogens with one attached hydrogen (secondary N) is 2. The minimum Gasteiger partial charge on any atom is -0.339 e. The van der Waals surface area contributed by atoms with Crippen LogP contribution in [0.3, 0.4) is 0 Å². The maximum absolute atomic E-state index is 15.2. The molecule has 3 heterocycles. The summed E-state index contributed by atoms with van der Waals surface area (Å²) >= 11 is 0. The number of rotatable bonds is 6. The largest absolute Gasteiger partial charge is 0.339 e. The van der Waals surface area contributed by atoms with Crippen molar-refractivity contribution in [2.24, 2.45) is 4.99 Å². The zero-order valence-corrected chi connectivity index (χ0v) is 24.2. The molecule has 1 fully saturated rings. The quantitative estimate of drug-likeness (QED) is 0.318. The van der Waals surface area contributed by atoms with Gasteiger partial charge in [0.15, 0.2) is 0 Å². The normalized spacial score (nSPS) is 16.2. The van der Waals surface area contributed by atoms with Crippen LogP contribution < -0.4 is 15.5 Å². The molecule has 1 aromatic heterocycles. The summed E-state index contributed by atoms with van der Waals surface area (Å²) in [6, 6.07) is 23.2. The Hall–Kier alpha value is -5.38. The lowest BCUT2D eigenvalue weighted by molar-refractivity contribution is -0.120. The number of fused-ring (bicyclic) bond motifs is 1. The van der Waals surface area contributed by atoms with Crippen LogP contribution in [-0.2, 0) is 11.3 Å². The number of para-hydroxylation sites is 1. The summed E-state index contributed by atoms with van der Waals surface area (Å²) in [5.41, 5.74) is 3.65. The lowest BCUT2D eigenvalue weighted by atomic mass is 9.99. The van der Waals surface area contributed by atoms with E-state index >= 15 is 4.39 Å². The number of hydrogen-bond acceptors (Lipinski definition) is 5. The van der Waals surface area contributed by atoms with Crippen LogP contribution in [0.2, 0.25) is 0 Å². The number of aryl methyl sites for hydroxylation is 1. The molecule has 44 heavy (non-hydrogen) atoms. The molecule has 10 heteroatoms. The second-order valence-electron chi connectivity index (χ2n) is 10.8. The van der Waals surface area contributed by atoms with Gasteiger partial charge in [0, 0.05) is 36.1 Å². The van der Waals surface area contributed by atoms with Gasteiger partial charge in [-0.1, -0.05) is 42.5 Å². The molecule has 1 saturated heterocycles. The van der Waals surface area contributed by atoms with E-state index in [1.165, 1.54) is 11.0 Å². The minimum atomic E-state index is -1.41. The van der Waals surface area contributed by atoms with Gasteiger partial charge in [0.05, 0.1) is 29.2 Å². The summed E-state index contributed by atoms with van der Waals surface area (Å²) in [7, 11) is 0. The Morgan fingerprint density at radius 3 is 2.45 bits per heavy atom. The first-order valence-corrected chi connectivity index (χ1v) is 14.5. The number of hydrogen-bond donors (Lipinski definition) is 2. The monoisotopic (exact) mass is 590 g/mol. The Bertz CT molecular complexity index is 1770. The molecule has 3 aromatic carbocycles. The van der Waals surface area contributed by atoms with Gasteiger partial charge in [-0.3, -0.25) is 14.6 Å². The molecule has 9 nitrogen and oxygen atoms in total. The predicted molar refractivity (Wildman–Crippen MR) is 166 cm³/mol. The summed E-state index contributed by atoms with van der Waals surface area (Å²) in [5, 5.41) is 5.43. The molecule has 2 N–H and O–H groups in total. The maximum Gasteiger partial charge on any atom is 0.321 e. The first-order valence-electron chi connectivity index (χ1n) is 14.5. The summed E-state index contributed by atoms with van der Waals surface area (Å²) in [4.78, 5) is 53.3. The van der Waals surface area contributed by atoms with Crippen molar-refractivity contribution in [1.82, 2.24) is 15.2 Å². The molecule has 0 radical (unpaired) electrons. The van der Waals surface area contributed by atoms with Crippen LogP contribution in [0.4, 0.5) is 20.6 Å². The zero-order chi connectivity index (χ0) is 30.6. The standard InChI is InChI=1S/C34H31FN6O3/c1-22-10-8-11-23(20-22)37-34(44)39-31-33(43)41(21-28-25(14-9-17-36-28)32(42)40-18-6-7-19-40)29-16-5-3-13-26(29)30(38-31)24-12-2-4-15-27(24)35/h2-5,8-17,20,31H,6-7,18-19,21H2,1H3,(H2,37,39,44)/t31-/m0/s1. The summed E-state index contributed by atoms with van der Waals surface area (Å²) < 4.78 is 15.2. The van der Waals surface area contributed by atoms with Crippen LogP contribution in [0, 0.1) is 12.7 Å². The van der Waals surface area contributed by atoms with E-state index in [0.717, 1.165) is 18.4 Å². The van der Waals surface area contributed by atoms with Crippen LogP contribution in [0.1, 0.15) is 45.6 Å². The van der Waals surface area contributed by atoms with Gasteiger partial charge >= 0.3 is 6.03 Å². The lowest BCUT2D eigenvalue weighted by Crippen LogP contribution is -2.48. The van der Waals surface area contributed by atoms with Crippen molar-refractivity contribution in [3.05, 3.63) is 125 Å². The number of halogens is 1. The number of benzodiazepines with no additional fused rings is 1. The number of anilines is 2. The van der Waals surface area contributed by atoms with Crippen LogP contribution >= 0.6 is 0 Å². The van der Waals surface area contributed by atoms with Gasteiger partial charge in [0.1, 0.15) is 5.82 Å². The average Bonchev–Trinajstić information content (AvgIpc) is 3.54. The minimum absolute atomic E-state index is 0.0661. The molecule has 0 aliphatic carbocycles. The summed E-state index contributed by atoms with van der Waals surface area (Å²) in [5.74, 6) is -1.22. The molecule has 2 aliphatic heterocycles. The van der Waals surface area contributed by atoms with Crippen molar-refractivity contribution >= 4 is 34.9 Å². The number of likely N-dealkylation sites (tertiary alicyclic amines) is 1. The lowest BCUT2D eigenvalue weighted by Gasteiger charge is -2.26. The van der Waals surface area contributed by atoms with Gasteiger partial charge in [-0.25, -0.2) is 14.2 Å². The molecule has 4 amide bonds. The third-order valence-electron chi connectivity index (χ3n) is 7.70. The van der Waals surface area contributed by atoms with Crippen molar-refractivity contribution in [3.8, 4) is 0 Å². The summed E-state index contributed by atoms with van der Waals surface area (Å²) in [6.45, 7) is 3.17. The first kappa shape index (κ1) is 28.7. The number of aromatic nitrogens is 1. The average molecular weight is 591 g/mol. The molecule has 1 atom stereocenters. The van der Waals surface area contributed by atoms with E-state index in [1.54, 1.807) is 77.8 Å². The van der Waals surface area contributed by atoms with E-state index in [-0.39, 0.29) is 23.7 Å². The molecular weight excluding hydrogens is 559 g/mol. The van der Waals surface area contributed by atoms with Crippen molar-refractivity contribution in [1.29, 1.82) is 0 Å². The topological polar surface area (TPSA) is 107 Å². The second kappa shape index (κ2) is 12.5. The fourth-order valence-corrected chi connectivity index (χ4v) is 5.57. The van der Waals surface area contributed by atoms with Gasteiger partial charge in [-0.2, -0.15) is 0 Å². The second-order valence-corrected chi connectivity index (χ2v) is 10.8. The molecule has 4 aromatic rings. The number of carbonyl (C=O) groups is 3. The number of nitrogens with zero attached hydrogens (tertiary/aromatic N) is 4. The molecule has 0 saturated carbocycles. The Morgan fingerprint density at radius 2 is 1.68 bits per heavy atom. The van der Waals surface area contributed by atoms with Crippen molar-refractivity contribution in [2.45, 2.75) is 32.5 Å². The third-order valence-corrected chi connectivity index (χ3v) is 7.70. The van der Waals surface area contributed by atoms with Gasteiger partial charge in [0.25, 0.3) is 11.8 Å². The molecule has 0 unspecified atom stereocenters. The Balaban J connectivity index is 1.41. The van der Waals surface area contributed by atoms with E-state index in [0.29, 0.717) is 41.3 Å². The van der Waals surface area contributed by atoms with Crippen LogP contribution in [0.15, 0.2) is 96.1 Å². The molecule has 0 bridgehead atoms. The highest BCUT2D eigenvalue weighted by atomic mass is 19.1. The number of pyridine rings is 1. The van der Waals surface area contributed by atoms with E-state index in [2.05, 4.69) is 20.6 Å². The van der Waals surface area contributed by atoms with Crippen LogP contribution in [-0.4, -0.2) is 52.7 Å². The molecule has 222 valence electrons. The zero-order valence-electron chi connectivity index (χ0n) is 24.2. The van der Waals surface area contributed by atoms with E-state index in [9.17, 15) is 14.4 Å². The summed E-state index contributed by atoms with van der Waals surface area (Å²) in [6.07, 6.45) is 2.04. The third kappa shape index (κ3) is 5.92. The van der Waals surface area contributed by atoms with Gasteiger partial charge in [-0.15, -0.1) is 0 Å². The van der Waals surface area contributed by atoms with Gasteiger partial charge in [0.2, 0.25) is 6.17 Å². The predicted octanol–water partition coefficient (Wildman–Crippen LogP) is 5.30. The van der Waals surface area contributed by atoms with Crippen LogP contribution in [0.25, 0.3) is 0 Å². The number of carbonyl (C=O) groups excluding carboxylic acids is 3. The highest BCUT2D eigenvalue weighted by molar-refractivity contribution is 6.20. The van der Waals surface area contributed by atoms with E-state index < -0.39 is 23.9 Å². The fraction of sp³-hybridized carbons (Fsp3) is 0.206. The molecule has 0 spiro atoms. The number of amides is 4. The first-order chi connectivity index (χ1) is 21.4. The van der Waals surface area contributed by atoms with Crippen molar-refractivity contribution in [3.63, 3.8) is 0 Å². The van der Waals surface area contributed by atoms with E-state index in [4.69, 9.17) is 0 Å². The Morgan fingerprint density at radius 1 is 0.932 bits per heavy atom. The number of aliphatic imine (C=N–C) groups is 1. The highest BCUT2D eigenvalue weighted by Gasteiger charge is 2.35. The van der Waals surface area contributed by atoms with E-state index in [1.807, 2.05) is 19.1 Å². The highest BCUT2D eigenvalue weighted by Crippen LogP contribution is 2.31. The van der Waals surface area contributed by atoms with Crippen molar-refractivity contribution in [2.75, 3.05) is 23.3 Å². The Kier molecular flexibility index (Phi) is 8.14. The van der Waals surface area contributed by atoms with Crippen LogP contribution in [0.5, 0.6) is 0 Å². The fourth-order valence-electron chi connectivity index (χ4n) is 5.57. The molecule has 2 aliphatic rings.